The van der Waals surface area contributed by atoms with Crippen LogP contribution >= 0.6 is 15.9 Å². The van der Waals surface area contributed by atoms with E-state index in [1.54, 1.807) is 22.9 Å². The van der Waals surface area contributed by atoms with Gasteiger partial charge in [0.25, 0.3) is 0 Å². The quantitative estimate of drug-likeness (QED) is 0.775. The summed E-state index contributed by atoms with van der Waals surface area (Å²) in [6.45, 7) is 0. The highest BCUT2D eigenvalue weighted by molar-refractivity contribution is 9.10. The molecule has 0 saturated carbocycles. The molecule has 3 rings (SSSR count). The van der Waals surface area contributed by atoms with Crippen LogP contribution in [0.4, 0.5) is 0 Å². The number of carbonyl (C=O) groups is 1. The van der Waals surface area contributed by atoms with Gasteiger partial charge < -0.3 is 5.11 Å². The minimum atomic E-state index is -1.12. The summed E-state index contributed by atoms with van der Waals surface area (Å²) in [6.07, 6.45) is 0. The van der Waals surface area contributed by atoms with E-state index in [9.17, 15) is 9.90 Å². The molecule has 0 saturated heterocycles. The monoisotopic (exact) mass is 341 g/mol. The fourth-order valence-corrected chi connectivity index (χ4v) is 2.54. The zero-order chi connectivity index (χ0) is 15.0. The second kappa shape index (κ2) is 5.04. The Balaban J connectivity index is 2.34. The summed E-state index contributed by atoms with van der Waals surface area (Å²) in [5, 5.41) is 22.9. The van der Waals surface area contributed by atoms with E-state index in [4.69, 9.17) is 5.26 Å². The topological polar surface area (TPSA) is 78.9 Å². The molecule has 0 amide bonds. The van der Waals surface area contributed by atoms with Gasteiger partial charge in [-0.1, -0.05) is 22.0 Å². The van der Waals surface area contributed by atoms with Crippen molar-refractivity contribution >= 4 is 32.8 Å². The number of halogens is 1. The molecular formula is C15H8BrN3O2. The number of carboxylic acids is 1. The Hall–Kier alpha value is -2.65. The first kappa shape index (κ1) is 13.3. The highest BCUT2D eigenvalue weighted by Gasteiger charge is 2.17. The highest BCUT2D eigenvalue weighted by Crippen LogP contribution is 2.25. The van der Waals surface area contributed by atoms with Crippen molar-refractivity contribution in [3.8, 4) is 11.8 Å². The zero-order valence-electron chi connectivity index (χ0n) is 10.6. The van der Waals surface area contributed by atoms with Crippen LogP contribution in [-0.4, -0.2) is 20.9 Å². The van der Waals surface area contributed by atoms with E-state index in [2.05, 4.69) is 21.0 Å². The number of rotatable bonds is 2. The molecule has 0 aliphatic rings. The molecular weight excluding hydrogens is 334 g/mol. The fraction of sp³-hybridized carbons (Fsp3) is 0. The third kappa shape index (κ3) is 2.28. The van der Waals surface area contributed by atoms with Gasteiger partial charge in [0, 0.05) is 9.86 Å². The number of aromatic carboxylic acids is 1. The van der Waals surface area contributed by atoms with Crippen LogP contribution in [0.5, 0.6) is 0 Å². The van der Waals surface area contributed by atoms with E-state index in [1.165, 1.54) is 0 Å². The lowest BCUT2D eigenvalue weighted by Crippen LogP contribution is -2.01. The first-order valence-electron chi connectivity index (χ1n) is 6.02. The van der Waals surface area contributed by atoms with Crippen molar-refractivity contribution in [2.75, 3.05) is 0 Å². The minimum absolute atomic E-state index is 0.0675. The summed E-state index contributed by atoms with van der Waals surface area (Å²) in [4.78, 5) is 11.4. The number of benzene rings is 2. The normalized spacial score (nSPS) is 10.5. The summed E-state index contributed by atoms with van der Waals surface area (Å²) < 4.78 is 2.43. The second-order valence-electron chi connectivity index (χ2n) is 4.39. The Kier molecular flexibility index (Phi) is 3.20. The van der Waals surface area contributed by atoms with Gasteiger partial charge >= 0.3 is 5.97 Å². The number of nitrogens with zero attached hydrogens (tertiary/aromatic N) is 3. The van der Waals surface area contributed by atoms with Gasteiger partial charge in [0.15, 0.2) is 5.69 Å². The lowest BCUT2D eigenvalue weighted by molar-refractivity contribution is 0.0692. The predicted octanol–water partition coefficient (Wildman–Crippen LogP) is 3.36. The SMILES string of the molecule is N#Cc1ccc2c(c1)c(C(=O)O)nn2-c1cccc(Br)c1. The Labute approximate surface area is 128 Å². The average molecular weight is 342 g/mol. The van der Waals surface area contributed by atoms with E-state index in [0.717, 1.165) is 10.2 Å². The smallest absolute Gasteiger partial charge is 0.357 e. The second-order valence-corrected chi connectivity index (χ2v) is 5.30. The summed E-state index contributed by atoms with van der Waals surface area (Å²) in [7, 11) is 0. The summed E-state index contributed by atoms with van der Waals surface area (Å²) in [6, 6.07) is 14.3. The van der Waals surface area contributed by atoms with Gasteiger partial charge in [-0.2, -0.15) is 10.4 Å². The lowest BCUT2D eigenvalue weighted by atomic mass is 10.1. The molecule has 6 heteroatoms. The van der Waals surface area contributed by atoms with Crippen molar-refractivity contribution in [3.63, 3.8) is 0 Å². The van der Waals surface area contributed by atoms with Gasteiger partial charge in [0.1, 0.15) is 0 Å². The van der Waals surface area contributed by atoms with Crippen LogP contribution in [0.3, 0.4) is 0 Å². The van der Waals surface area contributed by atoms with Gasteiger partial charge in [-0.05, 0) is 36.4 Å². The minimum Gasteiger partial charge on any atom is -0.476 e. The van der Waals surface area contributed by atoms with Crippen LogP contribution in [-0.2, 0) is 0 Å². The van der Waals surface area contributed by atoms with Crippen molar-refractivity contribution in [2.45, 2.75) is 0 Å². The van der Waals surface area contributed by atoms with Crippen molar-refractivity contribution < 1.29 is 9.90 Å². The number of fused-ring (bicyclic) bond motifs is 1. The molecule has 0 aliphatic heterocycles. The van der Waals surface area contributed by atoms with Crippen molar-refractivity contribution in [1.29, 1.82) is 5.26 Å². The maximum Gasteiger partial charge on any atom is 0.357 e. The lowest BCUT2D eigenvalue weighted by Gasteiger charge is -2.03. The average Bonchev–Trinajstić information content (AvgIpc) is 2.86. The summed E-state index contributed by atoms with van der Waals surface area (Å²) in [5.74, 6) is -1.12. The predicted molar refractivity (Wildman–Crippen MR) is 80.4 cm³/mol. The van der Waals surface area contributed by atoms with E-state index >= 15 is 0 Å². The van der Waals surface area contributed by atoms with E-state index in [0.29, 0.717) is 16.5 Å². The molecule has 0 fully saturated rings. The van der Waals surface area contributed by atoms with Crippen LogP contribution in [0, 0.1) is 11.3 Å². The van der Waals surface area contributed by atoms with Crippen LogP contribution in [0.1, 0.15) is 16.1 Å². The number of hydrogen-bond donors (Lipinski definition) is 1. The molecule has 0 bridgehead atoms. The molecule has 1 heterocycles. The number of carboxylic acid groups (broad SMARTS) is 1. The molecule has 2 aromatic carbocycles. The Morgan fingerprint density at radius 2 is 2.10 bits per heavy atom. The van der Waals surface area contributed by atoms with Gasteiger partial charge in [0.2, 0.25) is 0 Å². The van der Waals surface area contributed by atoms with Crippen LogP contribution in [0.2, 0.25) is 0 Å². The van der Waals surface area contributed by atoms with E-state index in [-0.39, 0.29) is 5.69 Å². The third-order valence-corrected chi connectivity index (χ3v) is 3.56. The van der Waals surface area contributed by atoms with Gasteiger partial charge in [-0.25, -0.2) is 9.48 Å². The van der Waals surface area contributed by atoms with Crippen LogP contribution in [0.15, 0.2) is 46.9 Å². The number of aromatic nitrogens is 2. The van der Waals surface area contributed by atoms with Crippen molar-refractivity contribution in [1.82, 2.24) is 9.78 Å². The Bertz CT molecular complexity index is 909. The highest BCUT2D eigenvalue weighted by atomic mass is 79.9. The molecule has 0 aliphatic carbocycles. The Morgan fingerprint density at radius 3 is 2.76 bits per heavy atom. The standard InChI is InChI=1S/C15H8BrN3O2/c16-10-2-1-3-11(7-10)19-13-5-4-9(8-17)6-12(13)14(18-19)15(20)21/h1-7H,(H,20,21). The zero-order valence-corrected chi connectivity index (χ0v) is 12.2. The molecule has 0 spiro atoms. The van der Waals surface area contributed by atoms with Gasteiger partial charge in [-0.3, -0.25) is 0 Å². The van der Waals surface area contributed by atoms with E-state index < -0.39 is 5.97 Å². The molecule has 102 valence electrons. The summed E-state index contributed by atoms with van der Waals surface area (Å²) >= 11 is 3.38. The molecule has 0 unspecified atom stereocenters. The fourth-order valence-electron chi connectivity index (χ4n) is 2.15. The van der Waals surface area contributed by atoms with E-state index in [1.807, 2.05) is 30.3 Å². The van der Waals surface area contributed by atoms with Crippen molar-refractivity contribution in [2.24, 2.45) is 0 Å². The maximum atomic E-state index is 11.4. The molecule has 1 aromatic heterocycles. The number of nitriles is 1. The first-order chi connectivity index (χ1) is 10.1. The van der Waals surface area contributed by atoms with Crippen molar-refractivity contribution in [3.05, 3.63) is 58.2 Å². The van der Waals surface area contributed by atoms with Crippen LogP contribution < -0.4 is 0 Å². The van der Waals surface area contributed by atoms with Gasteiger partial charge in [0.05, 0.1) is 22.8 Å². The van der Waals surface area contributed by atoms with Crippen LogP contribution in [0.25, 0.3) is 16.6 Å². The molecule has 5 nitrogen and oxygen atoms in total. The molecule has 3 aromatic rings. The number of hydrogen-bond acceptors (Lipinski definition) is 3. The Morgan fingerprint density at radius 1 is 1.29 bits per heavy atom. The first-order valence-corrected chi connectivity index (χ1v) is 6.81. The summed E-state index contributed by atoms with van der Waals surface area (Å²) in [5.41, 5.74) is 1.72. The maximum absolute atomic E-state index is 11.4. The molecule has 21 heavy (non-hydrogen) atoms. The van der Waals surface area contributed by atoms with Gasteiger partial charge in [-0.15, -0.1) is 0 Å². The third-order valence-electron chi connectivity index (χ3n) is 3.06. The molecule has 0 atom stereocenters. The molecule has 0 radical (unpaired) electrons. The largest absolute Gasteiger partial charge is 0.476 e. The molecule has 1 N–H and O–H groups in total.